The van der Waals surface area contributed by atoms with Crippen LogP contribution in [0.25, 0.3) is 10.2 Å². The van der Waals surface area contributed by atoms with Crippen LogP contribution in [0, 0.1) is 0 Å². The average molecular weight is 271 g/mol. The Morgan fingerprint density at radius 1 is 1.26 bits per heavy atom. The Balaban J connectivity index is 1.79. The molecule has 2 atom stereocenters. The van der Waals surface area contributed by atoms with Gasteiger partial charge in [0.15, 0.2) is 0 Å². The van der Waals surface area contributed by atoms with Crippen LogP contribution < -0.4 is 4.90 Å². The molecule has 4 heteroatoms. The topological polar surface area (TPSA) is 29.0 Å². The zero-order chi connectivity index (χ0) is 12.8. The minimum absolute atomic E-state index is 0.642. The molecule has 4 heterocycles. The van der Waals surface area contributed by atoms with Crippen LogP contribution in [0.1, 0.15) is 32.6 Å². The smallest absolute Gasteiger partial charge is 0.141 e. The minimum atomic E-state index is 0.642. The fourth-order valence-electron chi connectivity index (χ4n) is 3.61. The Morgan fingerprint density at radius 3 is 2.79 bits per heavy atom. The second kappa shape index (κ2) is 4.30. The maximum atomic E-state index is 4.60. The van der Waals surface area contributed by atoms with Crippen LogP contribution in [-0.2, 0) is 0 Å². The number of aromatic nitrogens is 2. The van der Waals surface area contributed by atoms with Gasteiger partial charge in [-0.05, 0) is 44.1 Å². The normalized spacial score (nSPS) is 26.2. The molecule has 2 saturated heterocycles. The van der Waals surface area contributed by atoms with E-state index < -0.39 is 0 Å². The SMILES string of the molecule is CC=C1CC2CCC(C1)N2c1ncnc2sccc12. The van der Waals surface area contributed by atoms with Crippen molar-refractivity contribution in [2.45, 2.75) is 44.7 Å². The first-order valence-electron chi connectivity index (χ1n) is 6.97. The van der Waals surface area contributed by atoms with Crippen molar-refractivity contribution in [3.63, 3.8) is 0 Å². The van der Waals surface area contributed by atoms with E-state index in [0.717, 1.165) is 10.6 Å². The molecule has 2 aliphatic rings. The molecule has 0 spiro atoms. The van der Waals surface area contributed by atoms with Crippen molar-refractivity contribution in [3.05, 3.63) is 29.4 Å². The molecule has 0 aliphatic carbocycles. The van der Waals surface area contributed by atoms with E-state index in [1.807, 2.05) is 0 Å². The highest BCUT2D eigenvalue weighted by Crippen LogP contribution is 2.42. The van der Waals surface area contributed by atoms with Crippen LogP contribution in [0.4, 0.5) is 5.82 Å². The third-order valence-electron chi connectivity index (χ3n) is 4.51. The molecule has 0 N–H and O–H groups in total. The summed E-state index contributed by atoms with van der Waals surface area (Å²) in [6.07, 6.45) is 9.06. The lowest BCUT2D eigenvalue weighted by atomic mass is 9.96. The molecule has 0 saturated carbocycles. The number of piperidine rings is 1. The predicted octanol–water partition coefficient (Wildman–Crippen LogP) is 3.77. The van der Waals surface area contributed by atoms with Gasteiger partial charge in [-0.15, -0.1) is 11.3 Å². The van der Waals surface area contributed by atoms with E-state index in [-0.39, 0.29) is 0 Å². The van der Waals surface area contributed by atoms with Crippen LogP contribution in [0.3, 0.4) is 0 Å². The van der Waals surface area contributed by atoms with Crippen molar-refractivity contribution in [2.24, 2.45) is 0 Å². The number of fused-ring (bicyclic) bond motifs is 3. The molecule has 19 heavy (non-hydrogen) atoms. The summed E-state index contributed by atoms with van der Waals surface area (Å²) in [5, 5.41) is 3.35. The molecule has 2 aromatic rings. The fraction of sp³-hybridized carbons (Fsp3) is 0.467. The number of anilines is 1. The van der Waals surface area contributed by atoms with Crippen LogP contribution in [0.2, 0.25) is 0 Å². The van der Waals surface area contributed by atoms with Crippen molar-refractivity contribution < 1.29 is 0 Å². The molecule has 98 valence electrons. The minimum Gasteiger partial charge on any atom is -0.349 e. The van der Waals surface area contributed by atoms with E-state index in [9.17, 15) is 0 Å². The summed E-state index contributed by atoms with van der Waals surface area (Å²) in [7, 11) is 0. The van der Waals surface area contributed by atoms with Crippen molar-refractivity contribution in [3.8, 4) is 0 Å². The van der Waals surface area contributed by atoms with E-state index in [0.29, 0.717) is 12.1 Å². The van der Waals surface area contributed by atoms with Gasteiger partial charge in [0.1, 0.15) is 17.0 Å². The van der Waals surface area contributed by atoms with Crippen LogP contribution >= 0.6 is 11.3 Å². The van der Waals surface area contributed by atoms with Crippen LogP contribution in [0.15, 0.2) is 29.4 Å². The van der Waals surface area contributed by atoms with Crippen molar-refractivity contribution >= 4 is 27.4 Å². The zero-order valence-corrected chi connectivity index (χ0v) is 11.9. The Morgan fingerprint density at radius 2 is 2.05 bits per heavy atom. The molecule has 2 unspecified atom stereocenters. The van der Waals surface area contributed by atoms with Gasteiger partial charge in [0.05, 0.1) is 5.39 Å². The van der Waals surface area contributed by atoms with Gasteiger partial charge in [-0.2, -0.15) is 0 Å². The largest absolute Gasteiger partial charge is 0.349 e. The second-order valence-electron chi connectivity index (χ2n) is 5.48. The highest BCUT2D eigenvalue weighted by molar-refractivity contribution is 7.16. The summed E-state index contributed by atoms with van der Waals surface area (Å²) in [6.45, 7) is 2.17. The molecule has 2 aliphatic heterocycles. The number of rotatable bonds is 1. The predicted molar refractivity (Wildman–Crippen MR) is 79.7 cm³/mol. The Hall–Kier alpha value is -1.42. The third kappa shape index (κ3) is 1.70. The zero-order valence-electron chi connectivity index (χ0n) is 11.0. The molecule has 2 fully saturated rings. The first-order chi connectivity index (χ1) is 9.36. The van der Waals surface area contributed by atoms with E-state index in [1.54, 1.807) is 23.2 Å². The van der Waals surface area contributed by atoms with Gasteiger partial charge in [0, 0.05) is 12.1 Å². The van der Waals surface area contributed by atoms with Crippen LogP contribution in [-0.4, -0.2) is 22.1 Å². The van der Waals surface area contributed by atoms with Gasteiger partial charge in [-0.3, -0.25) is 0 Å². The molecule has 0 aromatic carbocycles. The van der Waals surface area contributed by atoms with Gasteiger partial charge in [-0.25, -0.2) is 9.97 Å². The summed E-state index contributed by atoms with van der Waals surface area (Å²) < 4.78 is 0. The molecular weight excluding hydrogens is 254 g/mol. The maximum Gasteiger partial charge on any atom is 0.141 e. The summed E-state index contributed by atoms with van der Waals surface area (Å²) in [4.78, 5) is 12.6. The van der Waals surface area contributed by atoms with Gasteiger partial charge in [-0.1, -0.05) is 11.6 Å². The Kier molecular flexibility index (Phi) is 2.58. The molecule has 0 radical (unpaired) electrons. The molecule has 0 amide bonds. The summed E-state index contributed by atoms with van der Waals surface area (Å²) in [5.41, 5.74) is 1.62. The molecule has 4 rings (SSSR count). The summed E-state index contributed by atoms with van der Waals surface area (Å²) in [6, 6.07) is 3.45. The number of hydrogen-bond acceptors (Lipinski definition) is 4. The lowest BCUT2D eigenvalue weighted by Crippen LogP contribution is -2.41. The first-order valence-corrected chi connectivity index (χ1v) is 7.85. The fourth-order valence-corrected chi connectivity index (χ4v) is 4.34. The quantitative estimate of drug-likeness (QED) is 0.739. The molecule has 2 bridgehead atoms. The van der Waals surface area contributed by atoms with E-state index in [2.05, 4.69) is 39.3 Å². The van der Waals surface area contributed by atoms with Crippen molar-refractivity contribution in [2.75, 3.05) is 4.90 Å². The third-order valence-corrected chi connectivity index (χ3v) is 5.33. The maximum absolute atomic E-state index is 4.60. The monoisotopic (exact) mass is 271 g/mol. The highest BCUT2D eigenvalue weighted by Gasteiger charge is 2.39. The number of hydrogen-bond donors (Lipinski definition) is 0. The number of thiophene rings is 1. The number of nitrogens with zero attached hydrogens (tertiary/aromatic N) is 3. The summed E-state index contributed by atoms with van der Waals surface area (Å²) in [5.74, 6) is 1.16. The van der Waals surface area contributed by atoms with Crippen LogP contribution in [0.5, 0.6) is 0 Å². The van der Waals surface area contributed by atoms with E-state index in [1.165, 1.54) is 31.1 Å². The van der Waals surface area contributed by atoms with Crippen molar-refractivity contribution in [1.82, 2.24) is 9.97 Å². The lowest BCUT2D eigenvalue weighted by Gasteiger charge is -2.37. The molecule has 3 nitrogen and oxygen atoms in total. The molecular formula is C15H17N3S. The summed E-state index contributed by atoms with van der Waals surface area (Å²) >= 11 is 1.70. The van der Waals surface area contributed by atoms with Gasteiger partial charge >= 0.3 is 0 Å². The number of allylic oxidation sites excluding steroid dienone is 1. The standard InChI is InChI=1S/C15H17N3S/c1-2-10-7-11-3-4-12(8-10)18(11)14-13-5-6-19-15(13)17-9-16-14/h2,5-6,9,11-12H,3-4,7-8H2,1H3. The van der Waals surface area contributed by atoms with Crippen molar-refractivity contribution in [1.29, 1.82) is 0 Å². The van der Waals surface area contributed by atoms with Gasteiger partial charge < -0.3 is 4.90 Å². The first kappa shape index (κ1) is 11.4. The average Bonchev–Trinajstić information content (AvgIpc) is 3.01. The lowest BCUT2D eigenvalue weighted by molar-refractivity contribution is 0.545. The second-order valence-corrected chi connectivity index (χ2v) is 6.38. The molecule has 2 aromatic heterocycles. The van der Waals surface area contributed by atoms with Gasteiger partial charge in [0.25, 0.3) is 0 Å². The van der Waals surface area contributed by atoms with Gasteiger partial charge in [0.2, 0.25) is 0 Å². The Bertz CT molecular complexity index is 630. The van der Waals surface area contributed by atoms with E-state index >= 15 is 0 Å². The highest BCUT2D eigenvalue weighted by atomic mass is 32.1. The Labute approximate surface area is 117 Å². The van der Waals surface area contributed by atoms with E-state index in [4.69, 9.17) is 0 Å².